The van der Waals surface area contributed by atoms with Crippen LogP contribution < -0.4 is 5.73 Å². The van der Waals surface area contributed by atoms with Crippen LogP contribution in [-0.2, 0) is 0 Å². The van der Waals surface area contributed by atoms with Crippen LogP contribution in [0, 0.1) is 13.8 Å². The maximum atomic E-state index is 5.73. The molecule has 0 aliphatic carbocycles. The first-order valence-corrected chi connectivity index (χ1v) is 4.42. The third-order valence-corrected chi connectivity index (χ3v) is 2.34. The summed E-state index contributed by atoms with van der Waals surface area (Å²) >= 11 is 0. The number of nitrogens with two attached hydrogens (primary N) is 1. The van der Waals surface area contributed by atoms with Crippen molar-refractivity contribution in [2.75, 3.05) is 5.73 Å². The maximum Gasteiger partial charge on any atom is 0.149 e. The van der Waals surface area contributed by atoms with Crippen LogP contribution in [0.5, 0.6) is 0 Å². The first-order chi connectivity index (χ1) is 6.70. The third-order valence-electron chi connectivity index (χ3n) is 2.34. The molecule has 0 aliphatic rings. The molecule has 2 aromatic rings. The Morgan fingerprint density at radius 2 is 2.14 bits per heavy atom. The molecule has 0 atom stereocenters. The summed E-state index contributed by atoms with van der Waals surface area (Å²) < 4.78 is 1.80. The van der Waals surface area contributed by atoms with Gasteiger partial charge in [0.1, 0.15) is 5.82 Å². The molecule has 2 N–H and O–H groups in total. The minimum absolute atomic E-state index is 0.575. The van der Waals surface area contributed by atoms with Gasteiger partial charge in [0.05, 0.1) is 11.9 Å². The van der Waals surface area contributed by atoms with Crippen molar-refractivity contribution in [2.24, 2.45) is 0 Å². The molecule has 0 amide bonds. The van der Waals surface area contributed by atoms with Crippen LogP contribution in [0.25, 0.3) is 5.69 Å². The Morgan fingerprint density at radius 1 is 1.36 bits per heavy atom. The first kappa shape index (κ1) is 8.74. The highest BCUT2D eigenvalue weighted by Crippen LogP contribution is 2.17. The summed E-state index contributed by atoms with van der Waals surface area (Å²) in [6, 6.07) is 3.83. The molecule has 0 fully saturated rings. The summed E-state index contributed by atoms with van der Waals surface area (Å²) in [4.78, 5) is 4.04. The van der Waals surface area contributed by atoms with E-state index in [0.717, 1.165) is 16.9 Å². The van der Waals surface area contributed by atoms with E-state index in [1.807, 2.05) is 26.0 Å². The fourth-order valence-electron chi connectivity index (χ4n) is 1.33. The molecule has 4 heteroatoms. The first-order valence-electron chi connectivity index (χ1n) is 4.42. The molecule has 2 rings (SSSR count). The van der Waals surface area contributed by atoms with Crippen molar-refractivity contribution in [1.82, 2.24) is 14.8 Å². The number of rotatable bonds is 1. The molecule has 72 valence electrons. The Balaban J connectivity index is 2.58. The zero-order valence-electron chi connectivity index (χ0n) is 8.23. The van der Waals surface area contributed by atoms with Crippen molar-refractivity contribution < 1.29 is 0 Å². The summed E-state index contributed by atoms with van der Waals surface area (Å²) in [6.07, 6.45) is 3.50. The summed E-state index contributed by atoms with van der Waals surface area (Å²) in [5.41, 5.74) is 8.73. The Morgan fingerprint density at radius 3 is 2.64 bits per heavy atom. The molecule has 0 aliphatic heterocycles. The molecule has 0 saturated heterocycles. The zero-order valence-corrected chi connectivity index (χ0v) is 8.23. The minimum Gasteiger partial charge on any atom is -0.382 e. The monoisotopic (exact) mass is 188 g/mol. The summed E-state index contributed by atoms with van der Waals surface area (Å²) in [7, 11) is 0. The van der Waals surface area contributed by atoms with E-state index in [2.05, 4.69) is 10.1 Å². The van der Waals surface area contributed by atoms with E-state index in [0.29, 0.717) is 5.82 Å². The van der Waals surface area contributed by atoms with Gasteiger partial charge in [-0.05, 0) is 26.0 Å². The molecule has 2 heterocycles. The largest absolute Gasteiger partial charge is 0.382 e. The van der Waals surface area contributed by atoms with Crippen LogP contribution in [0.2, 0.25) is 0 Å². The van der Waals surface area contributed by atoms with Gasteiger partial charge in [0.15, 0.2) is 0 Å². The van der Waals surface area contributed by atoms with E-state index in [1.54, 1.807) is 17.1 Å². The Bertz CT molecular complexity index is 445. The smallest absolute Gasteiger partial charge is 0.149 e. The standard InChI is InChI=1S/C10H12N4/c1-7-8(2)14(13-10(7)11)9-4-3-5-12-6-9/h3-6H,1-2H3,(H2,11,13). The van der Waals surface area contributed by atoms with E-state index in [4.69, 9.17) is 5.73 Å². The van der Waals surface area contributed by atoms with E-state index >= 15 is 0 Å². The van der Waals surface area contributed by atoms with Gasteiger partial charge in [-0.1, -0.05) is 0 Å². The van der Waals surface area contributed by atoms with Crippen molar-refractivity contribution in [2.45, 2.75) is 13.8 Å². The molecule has 14 heavy (non-hydrogen) atoms. The van der Waals surface area contributed by atoms with Gasteiger partial charge in [0, 0.05) is 17.5 Å². The molecule has 0 unspecified atom stereocenters. The zero-order chi connectivity index (χ0) is 10.1. The van der Waals surface area contributed by atoms with Crippen LogP contribution in [0.15, 0.2) is 24.5 Å². The van der Waals surface area contributed by atoms with Crippen molar-refractivity contribution in [3.63, 3.8) is 0 Å². The van der Waals surface area contributed by atoms with Crippen molar-refractivity contribution in [1.29, 1.82) is 0 Å². The van der Waals surface area contributed by atoms with E-state index in [-0.39, 0.29) is 0 Å². The molecule has 0 radical (unpaired) electrons. The number of pyridine rings is 1. The topological polar surface area (TPSA) is 56.7 Å². The number of aromatic nitrogens is 3. The summed E-state index contributed by atoms with van der Waals surface area (Å²) in [6.45, 7) is 3.95. The average molecular weight is 188 g/mol. The molecular weight excluding hydrogens is 176 g/mol. The highest BCUT2D eigenvalue weighted by Gasteiger charge is 2.08. The van der Waals surface area contributed by atoms with Gasteiger partial charge in [-0.15, -0.1) is 0 Å². The lowest BCUT2D eigenvalue weighted by Gasteiger charge is -2.02. The maximum absolute atomic E-state index is 5.73. The fourth-order valence-corrected chi connectivity index (χ4v) is 1.33. The molecule has 0 aromatic carbocycles. The molecular formula is C10H12N4. The predicted octanol–water partition coefficient (Wildman–Crippen LogP) is 1.47. The minimum atomic E-state index is 0.575. The van der Waals surface area contributed by atoms with E-state index in [1.165, 1.54) is 0 Å². The second-order valence-corrected chi connectivity index (χ2v) is 3.22. The van der Waals surface area contributed by atoms with Crippen LogP contribution in [0.1, 0.15) is 11.3 Å². The van der Waals surface area contributed by atoms with Gasteiger partial charge in [0.2, 0.25) is 0 Å². The highest BCUT2D eigenvalue weighted by molar-refractivity contribution is 5.44. The number of nitrogen functional groups attached to an aromatic ring is 1. The van der Waals surface area contributed by atoms with Gasteiger partial charge in [-0.25, -0.2) is 4.68 Å². The Hall–Kier alpha value is -1.84. The van der Waals surface area contributed by atoms with E-state index < -0.39 is 0 Å². The van der Waals surface area contributed by atoms with Crippen LogP contribution >= 0.6 is 0 Å². The molecule has 4 nitrogen and oxygen atoms in total. The fraction of sp³-hybridized carbons (Fsp3) is 0.200. The van der Waals surface area contributed by atoms with Gasteiger partial charge in [0.25, 0.3) is 0 Å². The van der Waals surface area contributed by atoms with Gasteiger partial charge in [-0.2, -0.15) is 5.10 Å². The molecule has 0 saturated carbocycles. The summed E-state index contributed by atoms with van der Waals surface area (Å²) in [5.74, 6) is 0.575. The third kappa shape index (κ3) is 1.25. The lowest BCUT2D eigenvalue weighted by molar-refractivity contribution is 0.844. The Labute approximate surface area is 82.4 Å². The van der Waals surface area contributed by atoms with E-state index in [9.17, 15) is 0 Å². The van der Waals surface area contributed by atoms with Crippen molar-refractivity contribution in [3.8, 4) is 5.69 Å². The van der Waals surface area contributed by atoms with Gasteiger partial charge in [-0.3, -0.25) is 4.98 Å². The number of nitrogens with zero attached hydrogens (tertiary/aromatic N) is 3. The number of anilines is 1. The molecule has 0 bridgehead atoms. The van der Waals surface area contributed by atoms with Gasteiger partial charge < -0.3 is 5.73 Å². The highest BCUT2D eigenvalue weighted by atomic mass is 15.3. The summed E-state index contributed by atoms with van der Waals surface area (Å²) in [5, 5.41) is 4.23. The SMILES string of the molecule is Cc1c(N)nn(-c2cccnc2)c1C. The molecule has 0 spiro atoms. The van der Waals surface area contributed by atoms with Crippen LogP contribution in [0.3, 0.4) is 0 Å². The number of hydrogen-bond donors (Lipinski definition) is 1. The van der Waals surface area contributed by atoms with Crippen molar-refractivity contribution >= 4 is 5.82 Å². The second kappa shape index (κ2) is 3.14. The van der Waals surface area contributed by atoms with Crippen LogP contribution in [-0.4, -0.2) is 14.8 Å². The predicted molar refractivity (Wildman–Crippen MR) is 55.2 cm³/mol. The number of hydrogen-bond acceptors (Lipinski definition) is 3. The second-order valence-electron chi connectivity index (χ2n) is 3.22. The van der Waals surface area contributed by atoms with Crippen molar-refractivity contribution in [3.05, 3.63) is 35.8 Å². The normalized spacial score (nSPS) is 10.4. The average Bonchev–Trinajstić information content (AvgIpc) is 2.47. The van der Waals surface area contributed by atoms with Gasteiger partial charge >= 0.3 is 0 Å². The lowest BCUT2D eigenvalue weighted by Crippen LogP contribution is -1.99. The van der Waals surface area contributed by atoms with Crippen LogP contribution in [0.4, 0.5) is 5.82 Å². The lowest BCUT2D eigenvalue weighted by atomic mass is 10.3. The molecule has 2 aromatic heterocycles. The quantitative estimate of drug-likeness (QED) is 0.737. The Kier molecular flexibility index (Phi) is 1.96.